The summed E-state index contributed by atoms with van der Waals surface area (Å²) in [6.07, 6.45) is -4.68. The first-order valence-corrected chi connectivity index (χ1v) is 9.06. The number of hydrogen-bond acceptors (Lipinski definition) is 2. The van der Waals surface area contributed by atoms with Crippen molar-refractivity contribution in [3.05, 3.63) is 90.4 Å². The van der Waals surface area contributed by atoms with E-state index < -0.39 is 29.3 Å². The number of halogens is 7. The minimum absolute atomic E-state index is 0.00189. The highest BCUT2D eigenvalue weighted by atomic mass is 19.4. The van der Waals surface area contributed by atoms with Gasteiger partial charge in [0.25, 0.3) is 0 Å². The van der Waals surface area contributed by atoms with Gasteiger partial charge in [-0.2, -0.15) is 26.3 Å². The highest BCUT2D eigenvalue weighted by Crippen LogP contribution is 2.39. The molecule has 32 heavy (non-hydrogen) atoms. The lowest BCUT2D eigenvalue weighted by Crippen LogP contribution is -2.11. The SMILES string of the molecule is Fc1ccc(-c2ccncc2-n2cncc2-c2cc(C(F)(F)F)cc(C(F)(F)F)c2)cc1. The van der Waals surface area contributed by atoms with Crippen LogP contribution in [0.3, 0.4) is 0 Å². The van der Waals surface area contributed by atoms with Crippen LogP contribution in [0.25, 0.3) is 28.1 Å². The third kappa shape index (κ3) is 4.20. The number of hydrogen-bond donors (Lipinski definition) is 0. The van der Waals surface area contributed by atoms with Gasteiger partial charge in [0.05, 0.1) is 41.2 Å². The van der Waals surface area contributed by atoms with Crippen LogP contribution in [0.5, 0.6) is 0 Å². The molecule has 0 aliphatic rings. The number of pyridine rings is 1. The van der Waals surface area contributed by atoms with Crippen molar-refractivity contribution in [1.82, 2.24) is 14.5 Å². The summed E-state index contributed by atoms with van der Waals surface area (Å²) in [5.41, 5.74) is -1.74. The van der Waals surface area contributed by atoms with Gasteiger partial charge in [-0.1, -0.05) is 12.1 Å². The van der Waals surface area contributed by atoms with E-state index in [1.54, 1.807) is 6.07 Å². The van der Waals surface area contributed by atoms with Crippen LogP contribution in [-0.2, 0) is 12.4 Å². The van der Waals surface area contributed by atoms with Crippen molar-refractivity contribution in [1.29, 1.82) is 0 Å². The second-order valence-corrected chi connectivity index (χ2v) is 6.84. The van der Waals surface area contributed by atoms with Crippen LogP contribution >= 0.6 is 0 Å². The Morgan fingerprint density at radius 2 is 1.31 bits per heavy atom. The van der Waals surface area contributed by atoms with E-state index in [4.69, 9.17) is 0 Å². The molecule has 0 saturated carbocycles. The van der Waals surface area contributed by atoms with Crippen molar-refractivity contribution in [2.75, 3.05) is 0 Å². The molecule has 2 aromatic heterocycles. The number of rotatable bonds is 3. The number of imidazole rings is 1. The van der Waals surface area contributed by atoms with Crippen LogP contribution < -0.4 is 0 Å². The summed E-state index contributed by atoms with van der Waals surface area (Å²) in [4.78, 5) is 7.93. The third-order valence-corrected chi connectivity index (χ3v) is 4.74. The smallest absolute Gasteiger partial charge is 0.297 e. The van der Waals surface area contributed by atoms with Crippen molar-refractivity contribution in [3.8, 4) is 28.1 Å². The van der Waals surface area contributed by atoms with Crippen LogP contribution in [0.2, 0.25) is 0 Å². The summed E-state index contributed by atoms with van der Waals surface area (Å²) in [6, 6.07) is 8.40. The van der Waals surface area contributed by atoms with E-state index in [1.165, 1.54) is 47.6 Å². The minimum atomic E-state index is -4.98. The van der Waals surface area contributed by atoms with Crippen molar-refractivity contribution < 1.29 is 30.7 Å². The molecule has 2 aromatic carbocycles. The van der Waals surface area contributed by atoms with Gasteiger partial charge in [0, 0.05) is 17.3 Å². The van der Waals surface area contributed by atoms with Crippen molar-refractivity contribution in [2.24, 2.45) is 0 Å². The van der Waals surface area contributed by atoms with Gasteiger partial charge in [-0.05, 0) is 42.0 Å². The zero-order chi connectivity index (χ0) is 23.1. The van der Waals surface area contributed by atoms with Crippen molar-refractivity contribution in [3.63, 3.8) is 0 Å². The highest BCUT2D eigenvalue weighted by molar-refractivity contribution is 5.75. The van der Waals surface area contributed by atoms with E-state index in [-0.39, 0.29) is 17.3 Å². The molecule has 0 bridgehead atoms. The first kappa shape index (κ1) is 21.5. The fourth-order valence-electron chi connectivity index (χ4n) is 3.26. The van der Waals surface area contributed by atoms with E-state index in [1.807, 2.05) is 0 Å². The normalized spacial score (nSPS) is 12.2. The number of aromatic nitrogens is 3. The molecule has 0 aliphatic carbocycles. The number of nitrogens with zero attached hydrogens (tertiary/aromatic N) is 3. The quantitative estimate of drug-likeness (QED) is 0.322. The van der Waals surface area contributed by atoms with Gasteiger partial charge in [0.2, 0.25) is 0 Å². The summed E-state index contributed by atoms with van der Waals surface area (Å²) >= 11 is 0. The molecule has 0 fully saturated rings. The fourth-order valence-corrected chi connectivity index (χ4v) is 3.26. The fraction of sp³-hybridized carbons (Fsp3) is 0.0909. The Hall–Kier alpha value is -3.69. The summed E-state index contributed by atoms with van der Waals surface area (Å²) in [5.74, 6) is -0.462. The molecule has 10 heteroatoms. The van der Waals surface area contributed by atoms with Gasteiger partial charge >= 0.3 is 12.4 Å². The van der Waals surface area contributed by atoms with Crippen LogP contribution in [0, 0.1) is 5.82 Å². The van der Waals surface area contributed by atoms with Crippen LogP contribution in [-0.4, -0.2) is 14.5 Å². The zero-order valence-corrected chi connectivity index (χ0v) is 15.9. The van der Waals surface area contributed by atoms with E-state index in [2.05, 4.69) is 9.97 Å². The van der Waals surface area contributed by atoms with Gasteiger partial charge < -0.3 is 0 Å². The molecule has 4 rings (SSSR count). The molecule has 164 valence electrons. The highest BCUT2D eigenvalue weighted by Gasteiger charge is 2.37. The molecule has 3 nitrogen and oxygen atoms in total. The molecule has 0 N–H and O–H groups in total. The molecule has 4 aromatic rings. The molecular formula is C22H12F7N3. The second-order valence-electron chi connectivity index (χ2n) is 6.84. The number of benzene rings is 2. The average molecular weight is 451 g/mol. The Labute approximate surface area is 176 Å². The largest absolute Gasteiger partial charge is 0.416 e. The predicted molar refractivity (Wildman–Crippen MR) is 102 cm³/mol. The Balaban J connectivity index is 1.91. The maximum atomic E-state index is 13.3. The van der Waals surface area contributed by atoms with E-state index in [9.17, 15) is 30.7 Å². The molecule has 0 spiro atoms. The molecule has 0 unspecified atom stereocenters. The molecule has 0 saturated heterocycles. The molecule has 0 atom stereocenters. The van der Waals surface area contributed by atoms with Crippen LogP contribution in [0.15, 0.2) is 73.4 Å². The Kier molecular flexibility index (Phi) is 5.23. The van der Waals surface area contributed by atoms with Gasteiger partial charge in [0.1, 0.15) is 5.82 Å². The first-order chi connectivity index (χ1) is 15.0. The van der Waals surface area contributed by atoms with Gasteiger partial charge in [-0.15, -0.1) is 0 Å². The number of alkyl halides is 6. The maximum Gasteiger partial charge on any atom is 0.416 e. The summed E-state index contributed by atoms with van der Waals surface area (Å²) in [6.45, 7) is 0. The first-order valence-electron chi connectivity index (χ1n) is 9.06. The molecule has 2 heterocycles. The Morgan fingerprint density at radius 1 is 0.688 bits per heavy atom. The molecule has 0 aliphatic heterocycles. The lowest BCUT2D eigenvalue weighted by Gasteiger charge is -2.16. The Bertz CT molecular complexity index is 1220. The van der Waals surface area contributed by atoms with Gasteiger partial charge in [-0.3, -0.25) is 9.55 Å². The molecular weight excluding hydrogens is 439 g/mol. The van der Waals surface area contributed by atoms with E-state index in [0.717, 1.165) is 6.20 Å². The lowest BCUT2D eigenvalue weighted by atomic mass is 10.0. The Morgan fingerprint density at radius 3 is 1.91 bits per heavy atom. The van der Waals surface area contributed by atoms with E-state index in [0.29, 0.717) is 28.9 Å². The minimum Gasteiger partial charge on any atom is -0.297 e. The molecule has 0 radical (unpaired) electrons. The zero-order valence-electron chi connectivity index (χ0n) is 15.9. The summed E-state index contributed by atoms with van der Waals surface area (Å²) < 4.78 is 94.4. The summed E-state index contributed by atoms with van der Waals surface area (Å²) in [7, 11) is 0. The van der Waals surface area contributed by atoms with Gasteiger partial charge in [-0.25, -0.2) is 9.37 Å². The van der Waals surface area contributed by atoms with Crippen molar-refractivity contribution in [2.45, 2.75) is 12.4 Å². The van der Waals surface area contributed by atoms with Crippen LogP contribution in [0.1, 0.15) is 11.1 Å². The summed E-state index contributed by atoms with van der Waals surface area (Å²) in [5, 5.41) is 0. The van der Waals surface area contributed by atoms with Crippen molar-refractivity contribution >= 4 is 0 Å². The van der Waals surface area contributed by atoms with Crippen LogP contribution in [0.4, 0.5) is 30.7 Å². The predicted octanol–water partition coefficient (Wildman–Crippen LogP) is 6.78. The standard InChI is InChI=1S/C22H12F7N3/c23-17-3-1-13(2-4-17)18-5-6-30-11-20(18)32-12-31-10-19(32)14-7-15(21(24,25)26)9-16(8-14)22(27,28)29/h1-12H. The van der Waals surface area contributed by atoms with E-state index >= 15 is 0 Å². The lowest BCUT2D eigenvalue weighted by molar-refractivity contribution is -0.143. The topological polar surface area (TPSA) is 30.7 Å². The molecule has 0 amide bonds. The average Bonchev–Trinajstić information content (AvgIpc) is 3.22. The second kappa shape index (κ2) is 7.77. The monoisotopic (exact) mass is 451 g/mol. The maximum absolute atomic E-state index is 13.3. The third-order valence-electron chi connectivity index (χ3n) is 4.74. The van der Waals surface area contributed by atoms with Gasteiger partial charge in [0.15, 0.2) is 0 Å².